The first-order valence-electron chi connectivity index (χ1n) is 8.02. The SMILES string of the molecule is C[C@H]1CN(C)CC[C@@H]1N(C)C(=O)NCCc1cccc(F)c1F. The number of piperidine rings is 1. The zero-order valence-electron chi connectivity index (χ0n) is 14.0. The molecule has 0 saturated carbocycles. The molecule has 1 fully saturated rings. The summed E-state index contributed by atoms with van der Waals surface area (Å²) in [4.78, 5) is 16.2. The van der Waals surface area contributed by atoms with Crippen LogP contribution in [0, 0.1) is 17.6 Å². The predicted octanol–water partition coefficient (Wildman–Crippen LogP) is 2.49. The summed E-state index contributed by atoms with van der Waals surface area (Å²) in [6, 6.07) is 4.14. The van der Waals surface area contributed by atoms with Gasteiger partial charge in [0.15, 0.2) is 11.6 Å². The van der Waals surface area contributed by atoms with Crippen LogP contribution in [0.1, 0.15) is 18.9 Å². The molecule has 1 N–H and O–H groups in total. The van der Waals surface area contributed by atoms with Crippen LogP contribution < -0.4 is 5.32 Å². The number of nitrogens with one attached hydrogen (secondary N) is 1. The van der Waals surface area contributed by atoms with Gasteiger partial charge in [-0.15, -0.1) is 0 Å². The molecule has 0 unspecified atom stereocenters. The Kier molecular flexibility index (Phi) is 5.93. The molecule has 0 aliphatic carbocycles. The van der Waals surface area contributed by atoms with Gasteiger partial charge in [0.05, 0.1) is 0 Å². The summed E-state index contributed by atoms with van der Waals surface area (Å²) in [6.45, 7) is 4.37. The van der Waals surface area contributed by atoms with E-state index in [0.717, 1.165) is 25.6 Å². The van der Waals surface area contributed by atoms with Crippen LogP contribution in [0.25, 0.3) is 0 Å². The maximum absolute atomic E-state index is 13.6. The number of likely N-dealkylation sites (tertiary alicyclic amines) is 1. The fraction of sp³-hybridized carbons (Fsp3) is 0.588. The van der Waals surface area contributed by atoms with E-state index in [1.54, 1.807) is 11.9 Å². The summed E-state index contributed by atoms with van der Waals surface area (Å²) in [7, 11) is 3.88. The van der Waals surface area contributed by atoms with Crippen LogP contribution in [-0.4, -0.2) is 55.6 Å². The van der Waals surface area contributed by atoms with Crippen LogP contribution in [0.3, 0.4) is 0 Å². The maximum Gasteiger partial charge on any atom is 0.317 e. The Morgan fingerprint density at radius 3 is 2.87 bits per heavy atom. The monoisotopic (exact) mass is 325 g/mol. The van der Waals surface area contributed by atoms with Gasteiger partial charge in [0, 0.05) is 26.2 Å². The summed E-state index contributed by atoms with van der Waals surface area (Å²) < 4.78 is 26.7. The second-order valence-electron chi connectivity index (χ2n) is 6.40. The minimum absolute atomic E-state index is 0.164. The number of benzene rings is 1. The molecular weight excluding hydrogens is 300 g/mol. The van der Waals surface area contributed by atoms with Gasteiger partial charge in [-0.1, -0.05) is 19.1 Å². The number of urea groups is 1. The average Bonchev–Trinajstić information content (AvgIpc) is 2.50. The van der Waals surface area contributed by atoms with Crippen LogP contribution in [0.2, 0.25) is 0 Å². The lowest BCUT2D eigenvalue weighted by Crippen LogP contribution is -2.52. The fourth-order valence-corrected chi connectivity index (χ4v) is 3.24. The summed E-state index contributed by atoms with van der Waals surface area (Å²) in [5, 5.41) is 2.79. The van der Waals surface area contributed by atoms with Crippen LogP contribution in [0.5, 0.6) is 0 Å². The van der Waals surface area contributed by atoms with Crippen molar-refractivity contribution in [1.29, 1.82) is 0 Å². The summed E-state index contributed by atoms with van der Waals surface area (Å²) in [5.74, 6) is -1.28. The number of carbonyl (C=O) groups excluding carboxylic acids is 1. The molecule has 0 radical (unpaired) electrons. The molecule has 23 heavy (non-hydrogen) atoms. The molecule has 2 rings (SSSR count). The van der Waals surface area contributed by atoms with Gasteiger partial charge in [-0.3, -0.25) is 0 Å². The van der Waals surface area contributed by atoms with Crippen LogP contribution in [-0.2, 0) is 6.42 Å². The topological polar surface area (TPSA) is 35.6 Å². The summed E-state index contributed by atoms with van der Waals surface area (Å²) >= 11 is 0. The molecule has 1 aromatic carbocycles. The van der Waals surface area contributed by atoms with Crippen molar-refractivity contribution < 1.29 is 13.6 Å². The number of nitrogens with zero attached hydrogens (tertiary/aromatic N) is 2. The molecule has 1 heterocycles. The molecule has 1 aromatic rings. The van der Waals surface area contributed by atoms with Gasteiger partial charge in [-0.2, -0.15) is 0 Å². The molecule has 2 atom stereocenters. The fourth-order valence-electron chi connectivity index (χ4n) is 3.24. The van der Waals surface area contributed by atoms with Gasteiger partial charge in [-0.25, -0.2) is 13.6 Å². The molecule has 0 bridgehead atoms. The molecule has 2 amide bonds. The van der Waals surface area contributed by atoms with E-state index in [4.69, 9.17) is 0 Å². The third kappa shape index (κ3) is 4.41. The van der Waals surface area contributed by atoms with E-state index in [0.29, 0.717) is 5.92 Å². The van der Waals surface area contributed by atoms with Crippen molar-refractivity contribution in [1.82, 2.24) is 15.1 Å². The molecule has 1 saturated heterocycles. The summed E-state index contributed by atoms with van der Waals surface area (Å²) in [6.07, 6.45) is 1.21. The van der Waals surface area contributed by atoms with Gasteiger partial charge < -0.3 is 15.1 Å². The molecular formula is C17H25F2N3O. The third-order valence-corrected chi connectivity index (χ3v) is 4.58. The Hall–Kier alpha value is -1.69. The van der Waals surface area contributed by atoms with E-state index in [1.807, 2.05) is 0 Å². The van der Waals surface area contributed by atoms with Gasteiger partial charge >= 0.3 is 6.03 Å². The lowest BCUT2D eigenvalue weighted by molar-refractivity contribution is 0.107. The Bertz CT molecular complexity index is 553. The van der Waals surface area contributed by atoms with E-state index in [9.17, 15) is 13.6 Å². The van der Waals surface area contributed by atoms with Crippen molar-refractivity contribution >= 4 is 6.03 Å². The standard InChI is InChI=1S/C17H25F2N3O/c1-12-11-21(2)10-8-15(12)22(3)17(23)20-9-7-13-5-4-6-14(18)16(13)19/h4-6,12,15H,7-11H2,1-3H3,(H,20,23)/t12-,15-/m0/s1. The Labute approximate surface area is 136 Å². The molecule has 128 valence electrons. The molecule has 1 aliphatic rings. The Morgan fingerprint density at radius 2 is 2.17 bits per heavy atom. The molecule has 6 heteroatoms. The average molecular weight is 325 g/mol. The lowest BCUT2D eigenvalue weighted by atomic mass is 9.93. The lowest BCUT2D eigenvalue weighted by Gasteiger charge is -2.39. The highest BCUT2D eigenvalue weighted by atomic mass is 19.2. The number of halogens is 2. The summed E-state index contributed by atoms with van der Waals surface area (Å²) in [5.41, 5.74) is 0.278. The largest absolute Gasteiger partial charge is 0.338 e. The number of hydrogen-bond acceptors (Lipinski definition) is 2. The van der Waals surface area contributed by atoms with Crippen LogP contribution >= 0.6 is 0 Å². The van der Waals surface area contributed by atoms with Crippen molar-refractivity contribution in [3.63, 3.8) is 0 Å². The van der Waals surface area contributed by atoms with E-state index in [2.05, 4.69) is 24.2 Å². The van der Waals surface area contributed by atoms with E-state index >= 15 is 0 Å². The first-order chi connectivity index (χ1) is 10.9. The zero-order chi connectivity index (χ0) is 17.0. The number of carbonyl (C=O) groups is 1. The highest BCUT2D eigenvalue weighted by Crippen LogP contribution is 2.20. The normalized spacial score (nSPS) is 22.0. The second-order valence-corrected chi connectivity index (χ2v) is 6.40. The molecule has 4 nitrogen and oxygen atoms in total. The van der Waals surface area contributed by atoms with Gasteiger partial charge in [-0.05, 0) is 44.0 Å². The minimum Gasteiger partial charge on any atom is -0.338 e. The minimum atomic E-state index is -0.855. The first kappa shape index (κ1) is 17.7. The number of amides is 2. The molecule has 0 aromatic heterocycles. The van der Waals surface area contributed by atoms with Crippen molar-refractivity contribution in [2.24, 2.45) is 5.92 Å². The van der Waals surface area contributed by atoms with E-state index in [-0.39, 0.29) is 30.6 Å². The van der Waals surface area contributed by atoms with Crippen LogP contribution in [0.4, 0.5) is 13.6 Å². The maximum atomic E-state index is 13.6. The van der Waals surface area contributed by atoms with Crippen molar-refractivity contribution in [2.45, 2.75) is 25.8 Å². The van der Waals surface area contributed by atoms with Gasteiger partial charge in [0.25, 0.3) is 0 Å². The number of hydrogen-bond donors (Lipinski definition) is 1. The zero-order valence-corrected chi connectivity index (χ0v) is 14.0. The van der Waals surface area contributed by atoms with Gasteiger partial charge in [0.2, 0.25) is 0 Å². The molecule has 0 spiro atoms. The Balaban J connectivity index is 1.83. The molecule has 1 aliphatic heterocycles. The van der Waals surface area contributed by atoms with E-state index in [1.165, 1.54) is 12.1 Å². The first-order valence-corrected chi connectivity index (χ1v) is 8.02. The predicted molar refractivity (Wildman–Crippen MR) is 86.3 cm³/mol. The van der Waals surface area contributed by atoms with Gasteiger partial charge in [0.1, 0.15) is 0 Å². The van der Waals surface area contributed by atoms with Crippen molar-refractivity contribution in [3.05, 3.63) is 35.4 Å². The van der Waals surface area contributed by atoms with Crippen LogP contribution in [0.15, 0.2) is 18.2 Å². The van der Waals surface area contributed by atoms with Crippen molar-refractivity contribution in [2.75, 3.05) is 33.7 Å². The van der Waals surface area contributed by atoms with Crippen molar-refractivity contribution in [3.8, 4) is 0 Å². The Morgan fingerprint density at radius 1 is 1.43 bits per heavy atom. The third-order valence-electron chi connectivity index (χ3n) is 4.58. The highest BCUT2D eigenvalue weighted by molar-refractivity contribution is 5.74. The highest BCUT2D eigenvalue weighted by Gasteiger charge is 2.29. The smallest absolute Gasteiger partial charge is 0.317 e. The number of rotatable bonds is 4. The second kappa shape index (κ2) is 7.73. The van der Waals surface area contributed by atoms with E-state index < -0.39 is 11.6 Å². The quantitative estimate of drug-likeness (QED) is 0.923.